The Balaban J connectivity index is 1.45. The molecule has 1 N–H and O–H groups in total. The van der Waals surface area contributed by atoms with Crippen LogP contribution in [-0.4, -0.2) is 36.5 Å². The summed E-state index contributed by atoms with van der Waals surface area (Å²) >= 11 is 0. The summed E-state index contributed by atoms with van der Waals surface area (Å²) in [6, 6.07) is 17.4. The fourth-order valence-corrected chi connectivity index (χ4v) is 4.09. The molecule has 2 fully saturated rings. The molecule has 2 aromatic rings. The Bertz CT molecular complexity index is 836. The molecule has 2 saturated heterocycles. The van der Waals surface area contributed by atoms with Gasteiger partial charge in [0.2, 0.25) is 5.91 Å². The van der Waals surface area contributed by atoms with E-state index in [0.717, 1.165) is 23.4 Å². The quantitative estimate of drug-likeness (QED) is 0.900. The lowest BCUT2D eigenvalue weighted by Gasteiger charge is -2.25. The molecule has 5 nitrogen and oxygen atoms in total. The number of hydrogen-bond acceptors (Lipinski definition) is 2. The van der Waals surface area contributed by atoms with E-state index in [-0.39, 0.29) is 17.4 Å². The van der Waals surface area contributed by atoms with E-state index in [1.165, 1.54) is 0 Å². The highest BCUT2D eigenvalue weighted by molar-refractivity contribution is 5.97. The molecule has 2 heterocycles. The van der Waals surface area contributed by atoms with E-state index >= 15 is 0 Å². The Morgan fingerprint density at radius 1 is 1.04 bits per heavy atom. The molecule has 2 aromatic carbocycles. The van der Waals surface area contributed by atoms with Crippen LogP contribution in [0.2, 0.25) is 0 Å². The van der Waals surface area contributed by atoms with E-state index in [2.05, 4.69) is 5.32 Å². The van der Waals surface area contributed by atoms with Gasteiger partial charge in [-0.3, -0.25) is 4.79 Å². The lowest BCUT2D eigenvalue weighted by atomic mass is 9.86. The van der Waals surface area contributed by atoms with Gasteiger partial charge in [-0.1, -0.05) is 36.4 Å². The minimum absolute atomic E-state index is 0.0881. The summed E-state index contributed by atoms with van der Waals surface area (Å²) in [6.45, 7) is 4.03. The second-order valence-corrected chi connectivity index (χ2v) is 7.41. The molecule has 0 radical (unpaired) electrons. The van der Waals surface area contributed by atoms with Crippen LogP contribution in [0.1, 0.15) is 18.4 Å². The van der Waals surface area contributed by atoms with Gasteiger partial charge in [0.05, 0.1) is 0 Å². The lowest BCUT2D eigenvalue weighted by molar-refractivity contribution is -0.117. The molecule has 0 bridgehead atoms. The van der Waals surface area contributed by atoms with Crippen LogP contribution in [0.5, 0.6) is 0 Å². The van der Waals surface area contributed by atoms with Crippen LogP contribution in [0.3, 0.4) is 0 Å². The number of rotatable bonds is 2. The van der Waals surface area contributed by atoms with Gasteiger partial charge in [0.15, 0.2) is 0 Å². The van der Waals surface area contributed by atoms with Gasteiger partial charge in [0, 0.05) is 42.8 Å². The van der Waals surface area contributed by atoms with Crippen LogP contribution < -0.4 is 10.2 Å². The smallest absolute Gasteiger partial charge is 0.321 e. The average molecular weight is 349 g/mol. The molecule has 1 spiro atoms. The molecule has 0 saturated carbocycles. The first kappa shape index (κ1) is 16.6. The summed E-state index contributed by atoms with van der Waals surface area (Å²) in [5.74, 6) is 0.157. The third kappa shape index (κ3) is 3.05. The first-order chi connectivity index (χ1) is 12.6. The van der Waals surface area contributed by atoms with Crippen LogP contribution in [0.25, 0.3) is 0 Å². The van der Waals surface area contributed by atoms with Crippen LogP contribution >= 0.6 is 0 Å². The van der Waals surface area contributed by atoms with E-state index in [1.54, 1.807) is 0 Å². The molecule has 26 heavy (non-hydrogen) atoms. The summed E-state index contributed by atoms with van der Waals surface area (Å²) in [7, 11) is 0. The predicted octanol–water partition coefficient (Wildman–Crippen LogP) is 3.66. The summed E-state index contributed by atoms with van der Waals surface area (Å²) in [5.41, 5.74) is 2.76. The van der Waals surface area contributed by atoms with E-state index in [9.17, 15) is 9.59 Å². The first-order valence-electron chi connectivity index (χ1n) is 9.03. The number of nitrogens with one attached hydrogen (secondary N) is 1. The Labute approximate surface area is 153 Å². The van der Waals surface area contributed by atoms with E-state index in [0.29, 0.717) is 26.1 Å². The van der Waals surface area contributed by atoms with Crippen LogP contribution in [0, 0.1) is 12.3 Å². The highest BCUT2D eigenvalue weighted by Crippen LogP contribution is 2.42. The number of anilines is 2. The largest absolute Gasteiger partial charge is 0.324 e. The van der Waals surface area contributed by atoms with Crippen LogP contribution in [0.4, 0.5) is 16.2 Å². The SMILES string of the molecule is Cc1ccccc1N1CC2(CCN(C(=O)Nc3ccccc3)C2)CC1=O. The number of hydrogen-bond donors (Lipinski definition) is 1. The van der Waals surface area contributed by atoms with Gasteiger partial charge < -0.3 is 15.1 Å². The molecular weight excluding hydrogens is 326 g/mol. The van der Waals surface area contributed by atoms with Crippen molar-refractivity contribution in [2.24, 2.45) is 5.41 Å². The Hall–Kier alpha value is -2.82. The molecule has 0 aromatic heterocycles. The number of benzene rings is 2. The fourth-order valence-electron chi connectivity index (χ4n) is 4.09. The Morgan fingerprint density at radius 3 is 2.54 bits per heavy atom. The van der Waals surface area contributed by atoms with Crippen molar-refractivity contribution in [3.05, 3.63) is 60.2 Å². The van der Waals surface area contributed by atoms with Crippen LogP contribution in [-0.2, 0) is 4.79 Å². The predicted molar refractivity (Wildman–Crippen MR) is 102 cm³/mol. The number of aryl methyl sites for hydroxylation is 1. The van der Waals surface area contributed by atoms with Crippen LogP contribution in [0.15, 0.2) is 54.6 Å². The first-order valence-corrected chi connectivity index (χ1v) is 9.03. The zero-order valence-corrected chi connectivity index (χ0v) is 14.9. The monoisotopic (exact) mass is 349 g/mol. The molecular formula is C21H23N3O2. The van der Waals surface area contributed by atoms with Gasteiger partial charge >= 0.3 is 6.03 Å². The second kappa shape index (κ2) is 6.48. The summed E-state index contributed by atoms with van der Waals surface area (Å²) in [5, 5.41) is 2.94. The second-order valence-electron chi connectivity index (χ2n) is 7.41. The van der Waals surface area contributed by atoms with Crippen molar-refractivity contribution in [1.82, 2.24) is 4.90 Å². The minimum Gasteiger partial charge on any atom is -0.324 e. The van der Waals surface area contributed by atoms with Gasteiger partial charge in [0.1, 0.15) is 0 Å². The van der Waals surface area contributed by atoms with Gasteiger partial charge in [-0.05, 0) is 37.1 Å². The highest BCUT2D eigenvalue weighted by Gasteiger charge is 2.49. The number of carbonyl (C=O) groups is 2. The maximum atomic E-state index is 12.7. The summed E-state index contributed by atoms with van der Waals surface area (Å²) in [6.07, 6.45) is 1.37. The molecule has 0 aliphatic carbocycles. The minimum atomic E-state index is -0.132. The molecule has 1 unspecified atom stereocenters. The van der Waals surface area contributed by atoms with Gasteiger partial charge in [-0.2, -0.15) is 0 Å². The average Bonchev–Trinajstić information content (AvgIpc) is 3.19. The van der Waals surface area contributed by atoms with Gasteiger partial charge in [-0.15, -0.1) is 0 Å². The van der Waals surface area contributed by atoms with Crippen molar-refractivity contribution in [3.63, 3.8) is 0 Å². The number of para-hydroxylation sites is 2. The maximum absolute atomic E-state index is 12.7. The number of urea groups is 1. The molecule has 3 amide bonds. The Kier molecular flexibility index (Phi) is 4.15. The zero-order chi connectivity index (χ0) is 18.1. The van der Waals surface area contributed by atoms with E-state index < -0.39 is 0 Å². The molecule has 4 rings (SSSR count). The summed E-state index contributed by atoms with van der Waals surface area (Å²) < 4.78 is 0. The number of carbonyl (C=O) groups excluding carboxylic acids is 2. The normalized spacial score (nSPS) is 22.3. The topological polar surface area (TPSA) is 52.6 Å². The molecule has 134 valence electrons. The van der Waals surface area contributed by atoms with Crippen molar-refractivity contribution in [2.45, 2.75) is 19.8 Å². The zero-order valence-electron chi connectivity index (χ0n) is 14.9. The fraction of sp³-hybridized carbons (Fsp3) is 0.333. The highest BCUT2D eigenvalue weighted by atomic mass is 16.2. The number of amides is 3. The van der Waals surface area contributed by atoms with Crippen molar-refractivity contribution < 1.29 is 9.59 Å². The maximum Gasteiger partial charge on any atom is 0.321 e. The van der Waals surface area contributed by atoms with Gasteiger partial charge in [0.25, 0.3) is 0 Å². The van der Waals surface area contributed by atoms with Crippen molar-refractivity contribution in [1.29, 1.82) is 0 Å². The van der Waals surface area contributed by atoms with Gasteiger partial charge in [-0.25, -0.2) is 4.79 Å². The third-order valence-corrected chi connectivity index (χ3v) is 5.48. The van der Waals surface area contributed by atoms with E-state index in [1.807, 2.05) is 71.3 Å². The molecule has 1 atom stereocenters. The number of nitrogens with zero attached hydrogens (tertiary/aromatic N) is 2. The summed E-state index contributed by atoms with van der Waals surface area (Å²) in [4.78, 5) is 29.0. The standard InChI is InChI=1S/C21H23N3O2/c1-16-7-5-6-10-18(16)24-15-21(13-19(24)25)11-12-23(14-21)20(26)22-17-8-3-2-4-9-17/h2-10H,11-15H2,1H3,(H,22,26). The Morgan fingerprint density at radius 2 is 1.77 bits per heavy atom. The van der Waals surface area contributed by atoms with Crippen molar-refractivity contribution in [3.8, 4) is 0 Å². The van der Waals surface area contributed by atoms with Crippen molar-refractivity contribution in [2.75, 3.05) is 29.9 Å². The van der Waals surface area contributed by atoms with E-state index in [4.69, 9.17) is 0 Å². The number of likely N-dealkylation sites (tertiary alicyclic amines) is 1. The molecule has 2 aliphatic rings. The third-order valence-electron chi connectivity index (χ3n) is 5.48. The molecule has 5 heteroatoms. The van der Waals surface area contributed by atoms with Crippen molar-refractivity contribution >= 4 is 23.3 Å². The lowest BCUT2D eigenvalue weighted by Crippen LogP contribution is -2.36. The molecule has 2 aliphatic heterocycles.